The van der Waals surface area contributed by atoms with Crippen molar-refractivity contribution in [2.75, 3.05) is 6.61 Å². The minimum absolute atomic E-state index is 0.193. The predicted octanol–water partition coefficient (Wildman–Crippen LogP) is 3.85. The number of ether oxygens (including phenoxy) is 1. The zero-order valence-electron chi connectivity index (χ0n) is 9.89. The molecule has 0 radical (unpaired) electrons. The molecule has 0 aliphatic rings. The van der Waals surface area contributed by atoms with Crippen LogP contribution >= 0.6 is 0 Å². The van der Waals surface area contributed by atoms with Gasteiger partial charge in [-0.2, -0.15) is 0 Å². The first-order valence-corrected chi connectivity index (χ1v) is 5.82. The van der Waals surface area contributed by atoms with Crippen LogP contribution < -0.4 is 4.74 Å². The van der Waals surface area contributed by atoms with E-state index in [1.807, 2.05) is 49.4 Å². The van der Waals surface area contributed by atoms with Gasteiger partial charge in [0.1, 0.15) is 0 Å². The second-order valence-corrected chi connectivity index (χ2v) is 3.90. The average molecular weight is 228 g/mol. The molecule has 2 nitrogen and oxygen atoms in total. The van der Waals surface area contributed by atoms with Crippen LogP contribution in [0.2, 0.25) is 0 Å². The number of hydrogen-bond acceptors (Lipinski definition) is 2. The van der Waals surface area contributed by atoms with E-state index in [4.69, 9.17) is 4.74 Å². The molecule has 0 spiro atoms. The SMILES string of the molecule is CCCOc1cc(-c2ccccc2)ccc1O. The Morgan fingerprint density at radius 1 is 1.00 bits per heavy atom. The quantitative estimate of drug-likeness (QED) is 0.861. The molecule has 17 heavy (non-hydrogen) atoms. The van der Waals surface area contributed by atoms with Crippen molar-refractivity contribution >= 4 is 0 Å². The van der Waals surface area contributed by atoms with Gasteiger partial charge in [-0.1, -0.05) is 43.3 Å². The van der Waals surface area contributed by atoms with Gasteiger partial charge in [0.25, 0.3) is 0 Å². The van der Waals surface area contributed by atoms with Gasteiger partial charge in [0, 0.05) is 0 Å². The summed E-state index contributed by atoms with van der Waals surface area (Å²) in [6.07, 6.45) is 0.926. The highest BCUT2D eigenvalue weighted by Crippen LogP contribution is 2.31. The lowest BCUT2D eigenvalue weighted by Gasteiger charge is -2.09. The monoisotopic (exact) mass is 228 g/mol. The molecule has 88 valence electrons. The standard InChI is InChI=1S/C15H16O2/c1-2-10-17-15-11-13(8-9-14(15)16)12-6-4-3-5-7-12/h3-9,11,16H,2,10H2,1H3. The Balaban J connectivity index is 2.31. The van der Waals surface area contributed by atoms with Crippen LogP contribution in [-0.2, 0) is 0 Å². The first-order valence-electron chi connectivity index (χ1n) is 5.82. The Kier molecular flexibility index (Phi) is 3.66. The number of aromatic hydroxyl groups is 1. The van der Waals surface area contributed by atoms with Crippen LogP contribution in [0.15, 0.2) is 48.5 Å². The summed E-state index contributed by atoms with van der Waals surface area (Å²) in [5.74, 6) is 0.742. The fourth-order valence-electron chi connectivity index (χ4n) is 1.65. The number of benzene rings is 2. The molecule has 0 fully saturated rings. The van der Waals surface area contributed by atoms with Gasteiger partial charge in [-0.15, -0.1) is 0 Å². The van der Waals surface area contributed by atoms with Gasteiger partial charge in [0.15, 0.2) is 11.5 Å². The zero-order chi connectivity index (χ0) is 12.1. The highest BCUT2D eigenvalue weighted by Gasteiger charge is 2.04. The van der Waals surface area contributed by atoms with E-state index in [0.29, 0.717) is 12.4 Å². The molecule has 0 amide bonds. The summed E-state index contributed by atoms with van der Waals surface area (Å²) >= 11 is 0. The predicted molar refractivity (Wildman–Crippen MR) is 69.3 cm³/mol. The van der Waals surface area contributed by atoms with Gasteiger partial charge in [-0.05, 0) is 29.7 Å². The lowest BCUT2D eigenvalue weighted by molar-refractivity contribution is 0.299. The topological polar surface area (TPSA) is 29.5 Å². The van der Waals surface area contributed by atoms with Gasteiger partial charge < -0.3 is 9.84 Å². The Morgan fingerprint density at radius 3 is 2.47 bits per heavy atom. The molecule has 1 N–H and O–H groups in total. The zero-order valence-corrected chi connectivity index (χ0v) is 9.89. The van der Waals surface area contributed by atoms with Gasteiger partial charge in [-0.25, -0.2) is 0 Å². The third kappa shape index (κ3) is 2.78. The van der Waals surface area contributed by atoms with Crippen LogP contribution in [-0.4, -0.2) is 11.7 Å². The molecule has 0 heterocycles. The lowest BCUT2D eigenvalue weighted by atomic mass is 10.1. The average Bonchev–Trinajstić information content (AvgIpc) is 2.39. The van der Waals surface area contributed by atoms with E-state index in [9.17, 15) is 5.11 Å². The van der Waals surface area contributed by atoms with Gasteiger partial charge in [0.2, 0.25) is 0 Å². The van der Waals surface area contributed by atoms with E-state index in [2.05, 4.69) is 0 Å². The minimum atomic E-state index is 0.193. The molecule has 0 saturated heterocycles. The van der Waals surface area contributed by atoms with Crippen molar-refractivity contribution in [1.82, 2.24) is 0 Å². The van der Waals surface area contributed by atoms with Crippen LogP contribution in [0.25, 0.3) is 11.1 Å². The number of rotatable bonds is 4. The molecule has 2 rings (SSSR count). The highest BCUT2D eigenvalue weighted by molar-refractivity contribution is 5.66. The molecule has 0 unspecified atom stereocenters. The van der Waals surface area contributed by atoms with Crippen molar-refractivity contribution in [3.63, 3.8) is 0 Å². The molecule has 0 aromatic heterocycles. The number of phenols is 1. The van der Waals surface area contributed by atoms with E-state index in [0.717, 1.165) is 17.5 Å². The molecule has 0 atom stereocenters. The second-order valence-electron chi connectivity index (χ2n) is 3.90. The maximum Gasteiger partial charge on any atom is 0.161 e. The van der Waals surface area contributed by atoms with Crippen molar-refractivity contribution in [3.05, 3.63) is 48.5 Å². The Morgan fingerprint density at radius 2 is 1.76 bits per heavy atom. The summed E-state index contributed by atoms with van der Waals surface area (Å²) in [6.45, 7) is 2.66. The van der Waals surface area contributed by atoms with E-state index >= 15 is 0 Å². The normalized spacial score (nSPS) is 10.2. The van der Waals surface area contributed by atoms with Crippen molar-refractivity contribution in [2.45, 2.75) is 13.3 Å². The van der Waals surface area contributed by atoms with E-state index in [1.165, 1.54) is 0 Å². The second kappa shape index (κ2) is 5.39. The van der Waals surface area contributed by atoms with Crippen LogP contribution in [0.3, 0.4) is 0 Å². The lowest BCUT2D eigenvalue weighted by Crippen LogP contribution is -1.95. The summed E-state index contributed by atoms with van der Waals surface area (Å²) in [5, 5.41) is 9.68. The van der Waals surface area contributed by atoms with Crippen LogP contribution in [0.1, 0.15) is 13.3 Å². The Bertz CT molecular complexity index is 478. The molecule has 0 aliphatic heterocycles. The van der Waals surface area contributed by atoms with Crippen molar-refractivity contribution < 1.29 is 9.84 Å². The largest absolute Gasteiger partial charge is 0.504 e. The van der Waals surface area contributed by atoms with Crippen LogP contribution in [0.4, 0.5) is 0 Å². The minimum Gasteiger partial charge on any atom is -0.504 e. The van der Waals surface area contributed by atoms with Crippen molar-refractivity contribution in [2.24, 2.45) is 0 Å². The maximum atomic E-state index is 9.68. The molecule has 2 heteroatoms. The smallest absolute Gasteiger partial charge is 0.161 e. The summed E-state index contributed by atoms with van der Waals surface area (Å²) in [7, 11) is 0. The first kappa shape index (κ1) is 11.5. The van der Waals surface area contributed by atoms with E-state index in [-0.39, 0.29) is 5.75 Å². The fourth-order valence-corrected chi connectivity index (χ4v) is 1.65. The van der Waals surface area contributed by atoms with Crippen LogP contribution in [0, 0.1) is 0 Å². The van der Waals surface area contributed by atoms with Gasteiger partial charge in [0.05, 0.1) is 6.61 Å². The summed E-state index contributed by atoms with van der Waals surface area (Å²) in [5.41, 5.74) is 2.17. The Hall–Kier alpha value is -1.96. The summed E-state index contributed by atoms with van der Waals surface area (Å²) in [4.78, 5) is 0. The molecular weight excluding hydrogens is 212 g/mol. The maximum absolute atomic E-state index is 9.68. The van der Waals surface area contributed by atoms with E-state index in [1.54, 1.807) is 6.07 Å². The molecule has 2 aromatic rings. The van der Waals surface area contributed by atoms with Gasteiger partial charge >= 0.3 is 0 Å². The fraction of sp³-hybridized carbons (Fsp3) is 0.200. The van der Waals surface area contributed by atoms with Crippen molar-refractivity contribution in [1.29, 1.82) is 0 Å². The highest BCUT2D eigenvalue weighted by atomic mass is 16.5. The van der Waals surface area contributed by atoms with Gasteiger partial charge in [-0.3, -0.25) is 0 Å². The summed E-state index contributed by atoms with van der Waals surface area (Å²) in [6, 6.07) is 15.5. The van der Waals surface area contributed by atoms with E-state index < -0.39 is 0 Å². The third-order valence-electron chi connectivity index (χ3n) is 2.53. The molecule has 2 aromatic carbocycles. The summed E-state index contributed by atoms with van der Waals surface area (Å²) < 4.78 is 5.50. The van der Waals surface area contributed by atoms with Crippen molar-refractivity contribution in [3.8, 4) is 22.6 Å². The molecule has 0 aliphatic carbocycles. The Labute approximate surface area is 101 Å². The number of phenolic OH excluding ortho intramolecular Hbond substituents is 1. The molecule has 0 bridgehead atoms. The number of hydrogen-bond donors (Lipinski definition) is 1. The first-order chi connectivity index (χ1) is 8.31. The third-order valence-corrected chi connectivity index (χ3v) is 2.53. The van der Waals surface area contributed by atoms with Crippen LogP contribution in [0.5, 0.6) is 11.5 Å². The molecular formula is C15H16O2. The molecule has 0 saturated carbocycles.